The van der Waals surface area contributed by atoms with Gasteiger partial charge >= 0.3 is 0 Å². The van der Waals surface area contributed by atoms with Crippen molar-refractivity contribution in [2.45, 2.75) is 25.0 Å². The molecule has 0 unspecified atom stereocenters. The number of hydrogen-bond acceptors (Lipinski definition) is 5. The number of aromatic nitrogens is 3. The smallest absolute Gasteiger partial charge is 0.252 e. The second-order valence-electron chi connectivity index (χ2n) is 5.61. The normalized spacial score (nSPS) is 16.9. The van der Waals surface area contributed by atoms with Crippen molar-refractivity contribution >= 4 is 5.91 Å². The Kier molecular flexibility index (Phi) is 4.68. The Labute approximate surface area is 135 Å². The van der Waals surface area contributed by atoms with Gasteiger partial charge in [0.25, 0.3) is 5.91 Å². The van der Waals surface area contributed by atoms with E-state index in [9.17, 15) is 4.79 Å². The summed E-state index contributed by atoms with van der Waals surface area (Å²) in [6.07, 6.45) is 6.67. The van der Waals surface area contributed by atoms with Gasteiger partial charge in [-0.3, -0.25) is 4.79 Å². The average Bonchev–Trinajstić information content (AvgIpc) is 3.15. The summed E-state index contributed by atoms with van der Waals surface area (Å²) in [5.74, 6) is 0.689. The fourth-order valence-corrected chi connectivity index (χ4v) is 2.76. The summed E-state index contributed by atoms with van der Waals surface area (Å²) in [5.41, 5.74) is 0.225. The van der Waals surface area contributed by atoms with Crippen LogP contribution in [0.15, 0.2) is 36.8 Å². The van der Waals surface area contributed by atoms with Crippen LogP contribution in [-0.2, 0) is 16.1 Å². The molecular weight excluding hydrogens is 294 g/mol. The van der Waals surface area contributed by atoms with Gasteiger partial charge in [-0.25, -0.2) is 9.67 Å². The van der Waals surface area contributed by atoms with Crippen molar-refractivity contribution in [2.24, 2.45) is 0 Å². The topological polar surface area (TPSA) is 81.1 Å². The van der Waals surface area contributed by atoms with Crippen LogP contribution in [0.1, 0.15) is 18.4 Å². The summed E-state index contributed by atoms with van der Waals surface area (Å²) in [7, 11) is 1.60. The van der Waals surface area contributed by atoms with E-state index in [4.69, 9.17) is 4.74 Å². The summed E-state index contributed by atoms with van der Waals surface area (Å²) in [4.78, 5) is 16.8. The van der Waals surface area contributed by atoms with E-state index >= 15 is 0 Å². The van der Waals surface area contributed by atoms with Crippen molar-refractivity contribution in [2.75, 3.05) is 20.2 Å². The maximum absolute atomic E-state index is 12.5. The molecule has 7 nitrogen and oxygen atoms in total. The van der Waals surface area contributed by atoms with E-state index < -0.39 is 5.60 Å². The maximum atomic E-state index is 12.5. The highest BCUT2D eigenvalue weighted by Gasteiger charge is 2.39. The molecular formula is C16H21N5O2. The van der Waals surface area contributed by atoms with Crippen molar-refractivity contribution in [3.05, 3.63) is 42.4 Å². The number of rotatable bonds is 5. The van der Waals surface area contributed by atoms with E-state index in [1.165, 1.54) is 0 Å². The zero-order chi connectivity index (χ0) is 16.1. The number of piperidine rings is 1. The molecule has 1 amide bonds. The molecule has 0 saturated carbocycles. The molecule has 0 bridgehead atoms. The third-order valence-corrected chi connectivity index (χ3v) is 4.22. The Bertz CT molecular complexity index is 633. The SMILES string of the molecule is COC1(C(=O)NCc2ccc(-n3cccn3)nc2)CCNCC1. The molecule has 0 atom stereocenters. The number of carbonyl (C=O) groups is 1. The van der Waals surface area contributed by atoms with Crippen LogP contribution >= 0.6 is 0 Å². The minimum atomic E-state index is -0.715. The van der Waals surface area contributed by atoms with Crippen LogP contribution in [0.2, 0.25) is 0 Å². The molecule has 7 heteroatoms. The summed E-state index contributed by atoms with van der Waals surface area (Å²) in [6, 6.07) is 5.66. The van der Waals surface area contributed by atoms with Crippen molar-refractivity contribution < 1.29 is 9.53 Å². The summed E-state index contributed by atoms with van der Waals surface area (Å²) in [5, 5.41) is 10.3. The second kappa shape index (κ2) is 6.89. The van der Waals surface area contributed by atoms with Gasteiger partial charge in [-0.05, 0) is 43.6 Å². The Morgan fingerprint density at radius 3 is 2.87 bits per heavy atom. The summed E-state index contributed by atoms with van der Waals surface area (Å²) >= 11 is 0. The first-order chi connectivity index (χ1) is 11.2. The van der Waals surface area contributed by atoms with E-state index in [0.29, 0.717) is 19.4 Å². The fraction of sp³-hybridized carbons (Fsp3) is 0.438. The lowest BCUT2D eigenvalue weighted by atomic mass is 9.91. The van der Waals surface area contributed by atoms with Gasteiger partial charge in [-0.2, -0.15) is 5.10 Å². The van der Waals surface area contributed by atoms with E-state index in [1.807, 2.05) is 24.4 Å². The monoisotopic (exact) mass is 315 g/mol. The van der Waals surface area contributed by atoms with Crippen LogP contribution in [0, 0.1) is 0 Å². The molecule has 2 aromatic heterocycles. The molecule has 1 saturated heterocycles. The van der Waals surface area contributed by atoms with Crippen molar-refractivity contribution in [3.63, 3.8) is 0 Å². The van der Waals surface area contributed by atoms with Gasteiger partial charge < -0.3 is 15.4 Å². The number of hydrogen-bond donors (Lipinski definition) is 2. The third kappa shape index (κ3) is 3.40. The van der Waals surface area contributed by atoms with Gasteiger partial charge in [0, 0.05) is 32.2 Å². The molecule has 23 heavy (non-hydrogen) atoms. The molecule has 1 aliphatic rings. The average molecular weight is 315 g/mol. The van der Waals surface area contributed by atoms with Crippen LogP contribution in [-0.4, -0.2) is 46.5 Å². The number of pyridine rings is 1. The highest BCUT2D eigenvalue weighted by molar-refractivity contribution is 5.85. The standard InChI is InChI=1S/C16H21N5O2/c1-23-16(5-8-17-9-6-16)15(22)19-12-13-3-4-14(18-11-13)21-10-2-7-20-21/h2-4,7,10-11,17H,5-6,8-9,12H2,1H3,(H,19,22). The molecule has 1 aliphatic heterocycles. The zero-order valence-electron chi connectivity index (χ0n) is 13.2. The molecule has 0 aliphatic carbocycles. The Balaban J connectivity index is 1.60. The van der Waals surface area contributed by atoms with Gasteiger partial charge in [-0.15, -0.1) is 0 Å². The highest BCUT2D eigenvalue weighted by Crippen LogP contribution is 2.22. The van der Waals surface area contributed by atoms with E-state index in [-0.39, 0.29) is 5.91 Å². The minimum Gasteiger partial charge on any atom is -0.368 e. The van der Waals surface area contributed by atoms with Crippen LogP contribution in [0.4, 0.5) is 0 Å². The van der Waals surface area contributed by atoms with Gasteiger partial charge in [0.2, 0.25) is 0 Å². The van der Waals surface area contributed by atoms with Crippen LogP contribution < -0.4 is 10.6 Å². The predicted octanol–water partition coefficient (Wildman–Crippen LogP) is 0.652. The number of amides is 1. The van der Waals surface area contributed by atoms with E-state index in [0.717, 1.165) is 24.5 Å². The molecule has 2 aromatic rings. The number of nitrogens with zero attached hydrogens (tertiary/aromatic N) is 3. The lowest BCUT2D eigenvalue weighted by molar-refractivity contribution is -0.146. The lowest BCUT2D eigenvalue weighted by Gasteiger charge is -2.34. The number of carbonyl (C=O) groups excluding carboxylic acids is 1. The molecule has 0 radical (unpaired) electrons. The fourth-order valence-electron chi connectivity index (χ4n) is 2.76. The first kappa shape index (κ1) is 15.6. The molecule has 3 heterocycles. The van der Waals surface area contributed by atoms with Gasteiger partial charge in [0.05, 0.1) is 0 Å². The van der Waals surface area contributed by atoms with Crippen molar-refractivity contribution in [3.8, 4) is 5.82 Å². The van der Waals surface area contributed by atoms with E-state index in [2.05, 4.69) is 20.7 Å². The van der Waals surface area contributed by atoms with Crippen LogP contribution in [0.3, 0.4) is 0 Å². The van der Waals surface area contributed by atoms with Gasteiger partial charge in [-0.1, -0.05) is 6.07 Å². The van der Waals surface area contributed by atoms with E-state index in [1.54, 1.807) is 24.2 Å². The Hall–Kier alpha value is -2.25. The van der Waals surface area contributed by atoms with Crippen molar-refractivity contribution in [1.82, 2.24) is 25.4 Å². The zero-order valence-corrected chi connectivity index (χ0v) is 13.2. The molecule has 2 N–H and O–H groups in total. The van der Waals surface area contributed by atoms with Crippen molar-refractivity contribution in [1.29, 1.82) is 0 Å². The Morgan fingerprint density at radius 1 is 1.43 bits per heavy atom. The molecule has 3 rings (SSSR count). The van der Waals surface area contributed by atoms with Crippen LogP contribution in [0.5, 0.6) is 0 Å². The number of methoxy groups -OCH3 is 1. The molecule has 1 fully saturated rings. The van der Waals surface area contributed by atoms with Gasteiger partial charge in [0.1, 0.15) is 5.60 Å². The lowest BCUT2D eigenvalue weighted by Crippen LogP contribution is -2.53. The highest BCUT2D eigenvalue weighted by atomic mass is 16.5. The second-order valence-corrected chi connectivity index (χ2v) is 5.61. The first-order valence-electron chi connectivity index (χ1n) is 7.73. The largest absolute Gasteiger partial charge is 0.368 e. The summed E-state index contributed by atoms with van der Waals surface area (Å²) < 4.78 is 7.21. The first-order valence-corrected chi connectivity index (χ1v) is 7.73. The molecule has 122 valence electrons. The molecule has 0 aromatic carbocycles. The van der Waals surface area contributed by atoms with Crippen LogP contribution in [0.25, 0.3) is 5.82 Å². The predicted molar refractivity (Wildman–Crippen MR) is 85.0 cm³/mol. The Morgan fingerprint density at radius 2 is 2.26 bits per heavy atom. The third-order valence-electron chi connectivity index (χ3n) is 4.22. The summed E-state index contributed by atoms with van der Waals surface area (Å²) in [6.45, 7) is 2.02. The quantitative estimate of drug-likeness (QED) is 0.847. The maximum Gasteiger partial charge on any atom is 0.252 e. The number of nitrogens with one attached hydrogen (secondary N) is 2. The number of ether oxygens (including phenoxy) is 1. The minimum absolute atomic E-state index is 0.0577. The molecule has 0 spiro atoms. The van der Waals surface area contributed by atoms with Gasteiger partial charge in [0.15, 0.2) is 5.82 Å².